The number of carbonyl (C=O) groups is 1. The quantitative estimate of drug-likeness (QED) is 0.0732. The van der Waals surface area contributed by atoms with Crippen molar-refractivity contribution >= 4 is 178 Å². The molecule has 0 fully saturated rings. The molecule has 4 rings (SSSR count). The Kier molecular flexibility index (Phi) is 75.9. The van der Waals surface area contributed by atoms with Gasteiger partial charge in [0.25, 0.3) is 0 Å². The summed E-state index contributed by atoms with van der Waals surface area (Å²) in [4.78, 5) is 15.9. The van der Waals surface area contributed by atoms with E-state index in [0.29, 0.717) is 28.3 Å². The number of allylic oxidation sites excluding steroid dienone is 3. The summed E-state index contributed by atoms with van der Waals surface area (Å²) in [6, 6.07) is 17.5. The van der Waals surface area contributed by atoms with Gasteiger partial charge in [0.1, 0.15) is 15.8 Å². The van der Waals surface area contributed by atoms with Crippen LogP contribution in [-0.2, 0) is 21.9 Å². The van der Waals surface area contributed by atoms with Gasteiger partial charge in [0.05, 0.1) is 22.8 Å². The molecule has 0 bridgehead atoms. The maximum absolute atomic E-state index is 11.6. The Morgan fingerprint density at radius 1 is 0.648 bits per heavy atom. The summed E-state index contributed by atoms with van der Waals surface area (Å²) in [6.45, 7) is 31.9. The van der Waals surface area contributed by atoms with E-state index in [2.05, 4.69) is 4.99 Å². The van der Waals surface area contributed by atoms with Crippen LogP contribution in [0.2, 0.25) is 5.02 Å². The minimum atomic E-state index is -0.259. The van der Waals surface area contributed by atoms with Gasteiger partial charge in [-0.15, -0.1) is 0 Å². The summed E-state index contributed by atoms with van der Waals surface area (Å²) < 4.78 is 0. The second-order valence-electron chi connectivity index (χ2n) is 7.77. The number of carbonyl (C=O) groups excluding carboxylic acids is 1. The number of nitrogen functional groups attached to an aromatic ring is 4. The third-order valence-corrected chi connectivity index (χ3v) is 5.62. The van der Waals surface area contributed by atoms with E-state index in [0.717, 1.165) is 16.9 Å². The molecule has 0 spiro atoms. The Labute approximate surface area is 428 Å². The summed E-state index contributed by atoms with van der Waals surface area (Å²) in [6.07, 6.45) is 1.62. The van der Waals surface area contributed by atoms with Gasteiger partial charge in [0, 0.05) is 74.0 Å². The third kappa shape index (κ3) is 34.7. The van der Waals surface area contributed by atoms with Crippen LogP contribution in [0, 0.1) is 77.9 Å². The Hall–Kier alpha value is -1.77. The first-order chi connectivity index (χ1) is 23.9. The Morgan fingerprint density at radius 3 is 1.28 bits per heavy atom. The van der Waals surface area contributed by atoms with Crippen molar-refractivity contribution in [2.24, 2.45) is 10.7 Å². The number of phenols is 1. The van der Waals surface area contributed by atoms with Crippen molar-refractivity contribution < 1.29 is 27.0 Å². The van der Waals surface area contributed by atoms with E-state index in [1.165, 1.54) is 63.2 Å². The molecule has 14 nitrogen and oxygen atoms in total. The van der Waals surface area contributed by atoms with E-state index in [1.54, 1.807) is 80.6 Å². The molecule has 0 amide bonds. The van der Waals surface area contributed by atoms with Crippen LogP contribution in [0.15, 0.2) is 88.0 Å². The van der Waals surface area contributed by atoms with E-state index in [9.17, 15) is 9.90 Å². The number of rotatable bonds is 1. The van der Waals surface area contributed by atoms with Crippen molar-refractivity contribution in [1.29, 1.82) is 31.6 Å². The summed E-state index contributed by atoms with van der Waals surface area (Å²) in [7, 11) is 0. The van der Waals surface area contributed by atoms with E-state index >= 15 is 0 Å². The SMILES string of the molecule is C.C.CC1=CC(=Nc2ccc(N)cc2)C(N)=C(Cl)C1=O.Cc1ccc(N)c(Cl)c1O.Nc1ccc(N)cc1.[C-]#N.[C-]#N.[C-]#N.[C-]#N.[C-]#N.[C-]#N.[Fe+6].[K].[K][K]. The number of halogens is 2. The number of nitrogens with two attached hydrogens (primary N) is 5. The first-order valence-electron chi connectivity index (χ1n) is 12.9. The topological polar surface area (TPSA) is 323 Å². The van der Waals surface area contributed by atoms with Gasteiger partial charge in [-0.2, -0.15) is 0 Å². The number of aromatic hydroxyl groups is 1. The number of Topliss-reactive ketones (excluding diaryl/α,β-unsaturated/α-hetero) is 1. The number of benzene rings is 3. The molecular formula is C34H36Cl2FeK3N12O2. The summed E-state index contributed by atoms with van der Waals surface area (Å²) >= 11 is 14.0. The number of aliphatic imine (C=N–C) groups is 1. The van der Waals surface area contributed by atoms with Crippen molar-refractivity contribution in [3.05, 3.63) is 133 Å². The molecule has 0 saturated carbocycles. The second-order valence-corrected chi connectivity index (χ2v) is 8.53. The molecule has 0 heterocycles. The maximum atomic E-state index is 11.6. The fourth-order valence-electron chi connectivity index (χ4n) is 2.71. The van der Waals surface area contributed by atoms with Crippen LogP contribution in [0.3, 0.4) is 0 Å². The Bertz CT molecular complexity index is 1550. The van der Waals surface area contributed by atoms with Gasteiger partial charge >= 0.3 is 80.2 Å². The Balaban J connectivity index is -0.0000000585. The molecule has 0 saturated heterocycles. The zero-order chi connectivity index (χ0) is 41.0. The van der Waals surface area contributed by atoms with Crippen molar-refractivity contribution in [2.75, 3.05) is 22.9 Å². The van der Waals surface area contributed by atoms with Gasteiger partial charge in [0.15, 0.2) is 0 Å². The molecule has 0 atom stereocenters. The van der Waals surface area contributed by atoms with Crippen LogP contribution in [0.25, 0.3) is 0 Å². The first-order valence-corrected chi connectivity index (χ1v) is 29.7. The van der Waals surface area contributed by atoms with Crippen LogP contribution < -0.4 is 28.7 Å². The number of nitrogens with zero attached hydrogens (tertiary/aromatic N) is 7. The van der Waals surface area contributed by atoms with Crippen molar-refractivity contribution in [2.45, 2.75) is 28.7 Å². The summed E-state index contributed by atoms with van der Waals surface area (Å²) in [5.41, 5.74) is 32.7. The van der Waals surface area contributed by atoms with Gasteiger partial charge in [-0.1, -0.05) is 44.1 Å². The van der Waals surface area contributed by atoms with Crippen LogP contribution in [0.4, 0.5) is 28.4 Å². The average molecular weight is 889 g/mol. The number of hydrogen-bond acceptors (Lipinski definition) is 14. The fraction of sp³-hybridized carbons (Fsp3) is 0.118. The molecule has 54 heavy (non-hydrogen) atoms. The summed E-state index contributed by atoms with van der Waals surface area (Å²) in [5, 5.41) is 46.9. The van der Waals surface area contributed by atoms with E-state index in [1.807, 2.05) is 0 Å². The number of anilines is 4. The van der Waals surface area contributed by atoms with Crippen LogP contribution in [0.5, 0.6) is 5.75 Å². The number of ketones is 1. The van der Waals surface area contributed by atoms with E-state index in [-0.39, 0.29) is 111 Å². The third-order valence-electron chi connectivity index (χ3n) is 4.85. The molecule has 3 aromatic rings. The zero-order valence-corrected chi connectivity index (χ0v) is 40.8. The molecule has 1 aliphatic rings. The first kappa shape index (κ1) is 76.9. The number of aryl methyl sites for hydroxylation is 1. The molecule has 1 aliphatic carbocycles. The Morgan fingerprint density at radius 2 is 0.963 bits per heavy atom. The van der Waals surface area contributed by atoms with Gasteiger partial charge in [-0.05, 0) is 80.1 Å². The molecule has 269 valence electrons. The van der Waals surface area contributed by atoms with E-state index in [4.69, 9.17) is 123 Å². The minimum absolute atomic E-state index is 0. The van der Waals surface area contributed by atoms with Gasteiger partial charge < -0.3 is 105 Å². The van der Waals surface area contributed by atoms with Crippen LogP contribution in [0.1, 0.15) is 27.3 Å². The molecule has 11 N–H and O–H groups in total. The van der Waals surface area contributed by atoms with Crippen molar-refractivity contribution in [3.8, 4) is 5.75 Å². The normalized spacial score (nSPS) is 9.59. The van der Waals surface area contributed by atoms with Gasteiger partial charge in [0.2, 0.25) is 5.78 Å². The monoisotopic (exact) mass is 887 g/mol. The average Bonchev–Trinajstić information content (AvgIpc) is 3.18. The van der Waals surface area contributed by atoms with E-state index < -0.39 is 0 Å². The zero-order valence-electron chi connectivity index (χ0n) is 28.8. The predicted molar refractivity (Wildman–Crippen MR) is 212 cm³/mol. The predicted octanol–water partition coefficient (Wildman–Crippen LogP) is 5.77. The molecule has 0 aliphatic heterocycles. The molecular weight excluding hydrogens is 853 g/mol. The number of phenolic OH excluding ortho intramolecular Hbond substituents is 1. The molecule has 20 heteroatoms. The standard InChI is InChI=1S/C13H12ClN3O.C7H8ClNO.C6H8N2.6CN.2CH4.Fe.3K/c1-7-6-10(12(16)11(14)13(7)18)17-9-4-2-8(15)3-5-9;1-4-2-3-5(9)6(8)7(4)10;7-5-1-2-6(8)4-3-5;6*1-2;;;;;;/h2-6H,15-16H2,1H3;2-3,10H,9H2,1H3;1-4H,7-8H2;;;;;;;2*1H4;;;;/q;;;6*-1;;;+6;;;. The van der Waals surface area contributed by atoms with Gasteiger partial charge in [-0.25, -0.2) is 4.99 Å². The van der Waals surface area contributed by atoms with Crippen molar-refractivity contribution in [3.63, 3.8) is 0 Å². The second kappa shape index (κ2) is 53.3. The molecule has 3 aromatic carbocycles. The van der Waals surface area contributed by atoms with Crippen LogP contribution >= 0.6 is 23.2 Å². The number of hydrogen-bond donors (Lipinski definition) is 6. The van der Waals surface area contributed by atoms with Crippen molar-refractivity contribution in [1.82, 2.24) is 0 Å². The fourth-order valence-corrected chi connectivity index (χ4v) is 3.17. The molecule has 0 aromatic heterocycles. The summed E-state index contributed by atoms with van der Waals surface area (Å²) in [5.74, 6) is -0.188. The molecule has 1 radical (unpaired) electrons. The molecule has 0 unspecified atom stereocenters. The van der Waals surface area contributed by atoms with Crippen LogP contribution in [-0.4, -0.2) is 131 Å². The van der Waals surface area contributed by atoms with Gasteiger partial charge in [-0.3, -0.25) is 4.79 Å².